The topological polar surface area (TPSA) is 87.8 Å². The number of carbonyl (C=O) groups is 1. The van der Waals surface area contributed by atoms with Gasteiger partial charge < -0.3 is 25.8 Å². The van der Waals surface area contributed by atoms with Gasteiger partial charge in [0.05, 0.1) is 30.2 Å². The van der Waals surface area contributed by atoms with Crippen LogP contribution in [0.25, 0.3) is 0 Å². The quantitative estimate of drug-likeness (QED) is 0.480. The Hall–Kier alpha value is -1.79. The molecule has 0 aromatic heterocycles. The molecular weight excluding hydrogens is 246 g/mol. The van der Waals surface area contributed by atoms with Crippen molar-refractivity contribution in [3.63, 3.8) is 0 Å². The molecule has 0 fully saturated rings. The van der Waals surface area contributed by atoms with Crippen molar-refractivity contribution < 1.29 is 14.6 Å². The fraction of sp³-hybridized carbons (Fsp3) is 0.462. The molecule has 0 saturated carbocycles. The minimum Gasteiger partial charge on any atom is -0.478 e. The average Bonchev–Trinajstić information content (AvgIpc) is 2.34. The lowest BCUT2D eigenvalue weighted by molar-refractivity contribution is 0.0697. The van der Waals surface area contributed by atoms with Gasteiger partial charge in [-0.3, -0.25) is 0 Å². The predicted molar refractivity (Wildman–Crippen MR) is 75.7 cm³/mol. The van der Waals surface area contributed by atoms with E-state index in [1.807, 2.05) is 14.1 Å². The van der Waals surface area contributed by atoms with Crippen LogP contribution in [-0.4, -0.2) is 56.4 Å². The van der Waals surface area contributed by atoms with Crippen LogP contribution < -0.4 is 11.1 Å². The molecule has 1 aromatic carbocycles. The Morgan fingerprint density at radius 3 is 2.74 bits per heavy atom. The number of rotatable bonds is 8. The van der Waals surface area contributed by atoms with Gasteiger partial charge in [-0.05, 0) is 32.3 Å². The van der Waals surface area contributed by atoms with Crippen LogP contribution in [0.3, 0.4) is 0 Å². The van der Waals surface area contributed by atoms with Crippen LogP contribution in [0.1, 0.15) is 10.4 Å². The maximum absolute atomic E-state index is 10.8. The van der Waals surface area contributed by atoms with Crippen LogP contribution in [0.2, 0.25) is 0 Å². The molecule has 0 aliphatic carbocycles. The molecule has 0 unspecified atom stereocenters. The largest absolute Gasteiger partial charge is 0.478 e. The molecule has 0 bridgehead atoms. The SMILES string of the molecule is CN(C)CCOCCNc1ccc(C(=O)O)cc1N. The molecule has 1 aromatic rings. The molecule has 6 nitrogen and oxygen atoms in total. The smallest absolute Gasteiger partial charge is 0.335 e. The van der Waals surface area contributed by atoms with Crippen molar-refractivity contribution in [2.24, 2.45) is 0 Å². The fourth-order valence-electron chi connectivity index (χ4n) is 1.46. The Labute approximate surface area is 113 Å². The van der Waals surface area contributed by atoms with Gasteiger partial charge in [-0.2, -0.15) is 0 Å². The maximum Gasteiger partial charge on any atom is 0.335 e. The summed E-state index contributed by atoms with van der Waals surface area (Å²) in [4.78, 5) is 12.8. The average molecular weight is 267 g/mol. The number of carboxylic acids is 1. The van der Waals surface area contributed by atoms with Crippen molar-refractivity contribution in [2.75, 3.05) is 51.4 Å². The van der Waals surface area contributed by atoms with Crippen molar-refractivity contribution >= 4 is 17.3 Å². The monoisotopic (exact) mass is 267 g/mol. The first-order chi connectivity index (χ1) is 9.00. The van der Waals surface area contributed by atoms with E-state index in [1.54, 1.807) is 6.07 Å². The predicted octanol–water partition coefficient (Wildman–Crippen LogP) is 0.957. The number of nitrogens with one attached hydrogen (secondary N) is 1. The summed E-state index contributed by atoms with van der Waals surface area (Å²) < 4.78 is 5.43. The molecule has 0 radical (unpaired) electrons. The second-order valence-corrected chi connectivity index (χ2v) is 4.45. The molecule has 19 heavy (non-hydrogen) atoms. The Balaban J connectivity index is 2.32. The highest BCUT2D eigenvalue weighted by Gasteiger charge is 2.05. The number of nitrogens with zero attached hydrogens (tertiary/aromatic N) is 1. The molecule has 6 heteroatoms. The molecule has 0 amide bonds. The summed E-state index contributed by atoms with van der Waals surface area (Å²) in [6.45, 7) is 2.77. The number of benzene rings is 1. The zero-order valence-electron chi connectivity index (χ0n) is 11.3. The Morgan fingerprint density at radius 2 is 2.16 bits per heavy atom. The van der Waals surface area contributed by atoms with Gasteiger partial charge in [0.25, 0.3) is 0 Å². The van der Waals surface area contributed by atoms with Crippen molar-refractivity contribution in [1.82, 2.24) is 4.90 Å². The first kappa shape index (κ1) is 15.3. The highest BCUT2D eigenvalue weighted by atomic mass is 16.5. The minimum atomic E-state index is -0.981. The van der Waals surface area contributed by atoms with E-state index in [2.05, 4.69) is 10.2 Å². The summed E-state index contributed by atoms with van der Waals surface area (Å²) in [5, 5.41) is 11.9. The zero-order chi connectivity index (χ0) is 14.3. The second-order valence-electron chi connectivity index (χ2n) is 4.45. The summed E-state index contributed by atoms with van der Waals surface area (Å²) in [7, 11) is 3.98. The van der Waals surface area contributed by atoms with Gasteiger partial charge in [-0.1, -0.05) is 0 Å². The van der Waals surface area contributed by atoms with Crippen molar-refractivity contribution in [1.29, 1.82) is 0 Å². The lowest BCUT2D eigenvalue weighted by Crippen LogP contribution is -2.20. The Bertz CT molecular complexity index is 422. The summed E-state index contributed by atoms with van der Waals surface area (Å²) in [5.74, 6) is -0.981. The number of nitrogens with two attached hydrogens (primary N) is 1. The summed E-state index contributed by atoms with van der Waals surface area (Å²) >= 11 is 0. The van der Waals surface area contributed by atoms with Crippen molar-refractivity contribution in [2.45, 2.75) is 0 Å². The first-order valence-corrected chi connectivity index (χ1v) is 6.10. The fourth-order valence-corrected chi connectivity index (χ4v) is 1.46. The lowest BCUT2D eigenvalue weighted by atomic mass is 10.2. The van der Waals surface area contributed by atoms with Crippen LogP contribution in [0.4, 0.5) is 11.4 Å². The van der Waals surface area contributed by atoms with Crippen LogP contribution in [0, 0.1) is 0 Å². The third-order valence-electron chi connectivity index (χ3n) is 2.54. The normalized spacial score (nSPS) is 10.7. The highest BCUT2D eigenvalue weighted by molar-refractivity contribution is 5.90. The molecule has 106 valence electrons. The van der Waals surface area contributed by atoms with Gasteiger partial charge in [-0.25, -0.2) is 4.79 Å². The van der Waals surface area contributed by atoms with Crippen molar-refractivity contribution in [3.8, 4) is 0 Å². The molecule has 4 N–H and O–H groups in total. The number of ether oxygens (including phenoxy) is 1. The van der Waals surface area contributed by atoms with E-state index in [0.717, 1.165) is 12.2 Å². The van der Waals surface area contributed by atoms with Crippen molar-refractivity contribution in [3.05, 3.63) is 23.8 Å². The molecule has 0 spiro atoms. The molecule has 0 atom stereocenters. The van der Waals surface area contributed by atoms with Crippen LogP contribution in [0.5, 0.6) is 0 Å². The molecule has 1 rings (SSSR count). The molecule has 0 heterocycles. The van der Waals surface area contributed by atoms with Gasteiger partial charge in [0.15, 0.2) is 0 Å². The highest BCUT2D eigenvalue weighted by Crippen LogP contribution is 2.19. The van der Waals surface area contributed by atoms with Gasteiger partial charge in [-0.15, -0.1) is 0 Å². The molecule has 0 aliphatic heterocycles. The van der Waals surface area contributed by atoms with E-state index in [0.29, 0.717) is 25.4 Å². The van der Waals surface area contributed by atoms with E-state index in [-0.39, 0.29) is 5.56 Å². The number of likely N-dealkylation sites (N-methyl/N-ethyl adjacent to an activating group) is 1. The number of hydrogen-bond donors (Lipinski definition) is 3. The van der Waals surface area contributed by atoms with E-state index in [9.17, 15) is 4.79 Å². The number of nitrogen functional groups attached to an aromatic ring is 1. The molecular formula is C13H21N3O3. The summed E-state index contributed by atoms with van der Waals surface area (Å²) in [5.41, 5.74) is 7.10. The number of anilines is 2. The molecule has 0 saturated heterocycles. The van der Waals surface area contributed by atoms with Crippen LogP contribution >= 0.6 is 0 Å². The van der Waals surface area contributed by atoms with E-state index in [1.165, 1.54) is 12.1 Å². The van der Waals surface area contributed by atoms with Gasteiger partial charge in [0.2, 0.25) is 0 Å². The Kier molecular flexibility index (Phi) is 6.11. The van der Waals surface area contributed by atoms with E-state index < -0.39 is 5.97 Å². The van der Waals surface area contributed by atoms with Crippen LogP contribution in [-0.2, 0) is 4.74 Å². The van der Waals surface area contributed by atoms with Gasteiger partial charge >= 0.3 is 5.97 Å². The minimum absolute atomic E-state index is 0.185. The standard InChI is InChI=1S/C13H21N3O3/c1-16(2)6-8-19-7-5-15-12-4-3-10(13(17)18)9-11(12)14/h3-4,9,15H,5-8,14H2,1-2H3,(H,17,18). The van der Waals surface area contributed by atoms with Crippen LogP contribution in [0.15, 0.2) is 18.2 Å². The number of aromatic carboxylic acids is 1. The molecule has 0 aliphatic rings. The Morgan fingerprint density at radius 1 is 1.42 bits per heavy atom. The first-order valence-electron chi connectivity index (χ1n) is 6.10. The second kappa shape index (κ2) is 7.60. The zero-order valence-corrected chi connectivity index (χ0v) is 11.3. The number of hydrogen-bond acceptors (Lipinski definition) is 5. The summed E-state index contributed by atoms with van der Waals surface area (Å²) in [6.07, 6.45) is 0. The lowest BCUT2D eigenvalue weighted by Gasteiger charge is -2.12. The summed E-state index contributed by atoms with van der Waals surface area (Å²) in [6, 6.07) is 4.63. The maximum atomic E-state index is 10.8. The van der Waals surface area contributed by atoms with E-state index >= 15 is 0 Å². The third-order valence-corrected chi connectivity index (χ3v) is 2.54. The third kappa shape index (κ3) is 5.58. The number of carboxylic acid groups (broad SMARTS) is 1. The van der Waals surface area contributed by atoms with Gasteiger partial charge in [0.1, 0.15) is 0 Å². The van der Waals surface area contributed by atoms with Gasteiger partial charge in [0, 0.05) is 13.1 Å². The van der Waals surface area contributed by atoms with E-state index in [4.69, 9.17) is 15.6 Å².